The second-order valence-electron chi connectivity index (χ2n) is 3.76. The van der Waals surface area contributed by atoms with E-state index in [0.717, 1.165) is 0 Å². The van der Waals surface area contributed by atoms with Crippen LogP contribution in [-0.2, 0) is 4.79 Å². The molecular weight excluding hydrogens is 256 g/mol. The van der Waals surface area contributed by atoms with Gasteiger partial charge in [0.2, 0.25) is 5.91 Å². The Morgan fingerprint density at radius 1 is 1.61 bits per heavy atom. The molecule has 1 heterocycles. The van der Waals surface area contributed by atoms with Crippen LogP contribution in [0.15, 0.2) is 6.33 Å². The van der Waals surface area contributed by atoms with Gasteiger partial charge in [-0.15, -0.1) is 0 Å². The number of hydrogen-bond donors (Lipinski definition) is 1. The van der Waals surface area contributed by atoms with Gasteiger partial charge in [0, 0.05) is 13.6 Å². The molecule has 1 unspecified atom stereocenters. The number of hydrogen-bond acceptors (Lipinski definition) is 5. The summed E-state index contributed by atoms with van der Waals surface area (Å²) in [7, 11) is 1.70. The summed E-state index contributed by atoms with van der Waals surface area (Å²) in [5.41, 5.74) is 0.151. The van der Waals surface area contributed by atoms with E-state index in [1.165, 1.54) is 6.33 Å². The average molecular weight is 271 g/mol. The Kier molecular flexibility index (Phi) is 5.03. The molecule has 0 radical (unpaired) electrons. The van der Waals surface area contributed by atoms with Gasteiger partial charge >= 0.3 is 0 Å². The minimum absolute atomic E-state index is 0.0611. The standard InChI is InChI=1S/C11H15ClN4O2/c1-4-16(3)11(18)7(2)15-10-8(5-17)9(12)13-6-14-10/h5-7H,4H2,1-3H3,(H,13,14,15). The Morgan fingerprint density at radius 3 is 2.83 bits per heavy atom. The summed E-state index contributed by atoms with van der Waals surface area (Å²) in [6, 6.07) is -0.500. The summed E-state index contributed by atoms with van der Waals surface area (Å²) in [5, 5.41) is 2.92. The van der Waals surface area contributed by atoms with Crippen LogP contribution in [0.1, 0.15) is 24.2 Å². The van der Waals surface area contributed by atoms with Crippen LogP contribution >= 0.6 is 11.6 Å². The van der Waals surface area contributed by atoms with E-state index in [2.05, 4.69) is 15.3 Å². The van der Waals surface area contributed by atoms with Gasteiger partial charge in [0.05, 0.1) is 5.56 Å². The van der Waals surface area contributed by atoms with E-state index in [4.69, 9.17) is 11.6 Å². The summed E-state index contributed by atoms with van der Waals surface area (Å²) >= 11 is 5.76. The number of anilines is 1. The van der Waals surface area contributed by atoms with E-state index in [9.17, 15) is 9.59 Å². The van der Waals surface area contributed by atoms with Crippen molar-refractivity contribution in [1.29, 1.82) is 0 Å². The van der Waals surface area contributed by atoms with Crippen molar-refractivity contribution in [3.05, 3.63) is 17.0 Å². The van der Waals surface area contributed by atoms with Crippen molar-refractivity contribution in [3.8, 4) is 0 Å². The van der Waals surface area contributed by atoms with Crippen molar-refractivity contribution in [1.82, 2.24) is 14.9 Å². The number of carbonyl (C=O) groups excluding carboxylic acids is 2. The van der Waals surface area contributed by atoms with Crippen LogP contribution < -0.4 is 5.32 Å². The topological polar surface area (TPSA) is 75.2 Å². The first-order valence-electron chi connectivity index (χ1n) is 5.48. The van der Waals surface area contributed by atoms with Gasteiger partial charge in [0.25, 0.3) is 0 Å². The predicted octanol–water partition coefficient (Wildman–Crippen LogP) is 1.22. The summed E-state index contributed by atoms with van der Waals surface area (Å²) in [4.78, 5) is 31.9. The number of halogens is 1. The van der Waals surface area contributed by atoms with Gasteiger partial charge in [0.1, 0.15) is 23.3 Å². The molecule has 0 saturated carbocycles. The molecule has 18 heavy (non-hydrogen) atoms. The predicted molar refractivity (Wildman–Crippen MR) is 68.8 cm³/mol. The molecule has 1 amide bonds. The first-order chi connectivity index (χ1) is 8.51. The molecule has 0 aliphatic carbocycles. The molecule has 0 bridgehead atoms. The lowest BCUT2D eigenvalue weighted by atomic mass is 10.2. The van der Waals surface area contributed by atoms with Crippen molar-refractivity contribution in [2.24, 2.45) is 0 Å². The van der Waals surface area contributed by atoms with Gasteiger partial charge in [0.15, 0.2) is 6.29 Å². The Balaban J connectivity index is 2.88. The van der Waals surface area contributed by atoms with E-state index >= 15 is 0 Å². The minimum atomic E-state index is -0.500. The highest BCUT2D eigenvalue weighted by Crippen LogP contribution is 2.18. The Morgan fingerprint density at radius 2 is 2.28 bits per heavy atom. The SMILES string of the molecule is CCN(C)C(=O)C(C)Nc1ncnc(Cl)c1C=O. The highest BCUT2D eigenvalue weighted by molar-refractivity contribution is 6.32. The van der Waals surface area contributed by atoms with Crippen molar-refractivity contribution in [2.75, 3.05) is 18.9 Å². The van der Waals surface area contributed by atoms with Crippen LogP contribution in [0.5, 0.6) is 0 Å². The van der Waals surface area contributed by atoms with Crippen molar-refractivity contribution in [2.45, 2.75) is 19.9 Å². The minimum Gasteiger partial charge on any atom is -0.358 e. The number of carbonyl (C=O) groups is 2. The van der Waals surface area contributed by atoms with Crippen LogP contribution in [0.4, 0.5) is 5.82 Å². The lowest BCUT2D eigenvalue weighted by molar-refractivity contribution is -0.130. The fourth-order valence-corrected chi connectivity index (χ4v) is 1.52. The first kappa shape index (κ1) is 14.4. The number of aldehydes is 1. The van der Waals surface area contributed by atoms with Crippen LogP contribution in [0.3, 0.4) is 0 Å². The molecule has 0 saturated heterocycles. The summed E-state index contributed by atoms with van der Waals surface area (Å²) < 4.78 is 0. The number of likely N-dealkylation sites (N-methyl/N-ethyl adjacent to an activating group) is 1. The first-order valence-corrected chi connectivity index (χ1v) is 5.86. The number of nitrogens with one attached hydrogen (secondary N) is 1. The second kappa shape index (κ2) is 6.30. The monoisotopic (exact) mass is 270 g/mol. The van der Waals surface area contributed by atoms with E-state index in [1.54, 1.807) is 18.9 Å². The number of amides is 1. The highest BCUT2D eigenvalue weighted by Gasteiger charge is 2.18. The van der Waals surface area contributed by atoms with Gasteiger partial charge in [-0.2, -0.15) is 0 Å². The molecule has 0 aliphatic rings. The molecular formula is C11H15ClN4O2. The molecule has 1 rings (SSSR count). The Hall–Kier alpha value is -1.69. The van der Waals surface area contributed by atoms with E-state index < -0.39 is 6.04 Å². The maximum Gasteiger partial charge on any atom is 0.244 e. The van der Waals surface area contributed by atoms with Crippen molar-refractivity contribution < 1.29 is 9.59 Å². The van der Waals surface area contributed by atoms with Gasteiger partial charge in [-0.25, -0.2) is 9.97 Å². The summed E-state index contributed by atoms with van der Waals surface area (Å²) in [5.74, 6) is 0.166. The molecule has 1 atom stereocenters. The number of aromatic nitrogens is 2. The number of rotatable bonds is 5. The zero-order valence-electron chi connectivity index (χ0n) is 10.5. The molecule has 1 aromatic heterocycles. The van der Waals surface area contributed by atoms with E-state index in [0.29, 0.717) is 12.8 Å². The Labute approximate surface area is 110 Å². The maximum atomic E-state index is 11.9. The second-order valence-corrected chi connectivity index (χ2v) is 4.12. The summed E-state index contributed by atoms with van der Waals surface area (Å²) in [6.45, 7) is 4.18. The normalized spacial score (nSPS) is 11.8. The highest BCUT2D eigenvalue weighted by atomic mass is 35.5. The third-order valence-electron chi connectivity index (χ3n) is 2.53. The zero-order chi connectivity index (χ0) is 13.7. The lowest BCUT2D eigenvalue weighted by Crippen LogP contribution is -2.39. The smallest absolute Gasteiger partial charge is 0.244 e. The molecule has 98 valence electrons. The molecule has 1 aromatic rings. The number of nitrogens with zero attached hydrogens (tertiary/aromatic N) is 3. The van der Waals surface area contributed by atoms with Crippen LogP contribution in [0.2, 0.25) is 5.15 Å². The molecule has 1 N–H and O–H groups in total. The van der Waals surface area contributed by atoms with Crippen molar-refractivity contribution >= 4 is 29.6 Å². The van der Waals surface area contributed by atoms with Gasteiger partial charge in [-0.05, 0) is 13.8 Å². The van der Waals surface area contributed by atoms with Crippen molar-refractivity contribution in [3.63, 3.8) is 0 Å². The van der Waals surface area contributed by atoms with Gasteiger partial charge < -0.3 is 10.2 Å². The van der Waals surface area contributed by atoms with E-state index in [-0.39, 0.29) is 22.4 Å². The molecule has 0 aliphatic heterocycles. The molecule has 6 nitrogen and oxygen atoms in total. The zero-order valence-corrected chi connectivity index (χ0v) is 11.2. The van der Waals surface area contributed by atoms with Gasteiger partial charge in [-0.1, -0.05) is 11.6 Å². The molecule has 0 aromatic carbocycles. The van der Waals surface area contributed by atoms with E-state index in [1.807, 2.05) is 6.92 Å². The lowest BCUT2D eigenvalue weighted by Gasteiger charge is -2.21. The molecule has 7 heteroatoms. The summed E-state index contributed by atoms with van der Waals surface area (Å²) in [6.07, 6.45) is 1.80. The third kappa shape index (κ3) is 3.16. The third-order valence-corrected chi connectivity index (χ3v) is 2.83. The van der Waals surface area contributed by atoms with Gasteiger partial charge in [-0.3, -0.25) is 9.59 Å². The molecule has 0 spiro atoms. The van der Waals surface area contributed by atoms with Crippen LogP contribution in [0.25, 0.3) is 0 Å². The average Bonchev–Trinajstić information content (AvgIpc) is 2.37. The quantitative estimate of drug-likeness (QED) is 0.643. The fraction of sp³-hybridized carbons (Fsp3) is 0.455. The fourth-order valence-electron chi connectivity index (χ4n) is 1.35. The van der Waals surface area contributed by atoms with Crippen LogP contribution in [0, 0.1) is 0 Å². The van der Waals surface area contributed by atoms with Crippen LogP contribution in [-0.4, -0.2) is 46.7 Å². The Bertz CT molecular complexity index is 453. The largest absolute Gasteiger partial charge is 0.358 e. The maximum absolute atomic E-state index is 11.9. The molecule has 0 fully saturated rings.